The highest BCUT2D eigenvalue weighted by atomic mass is 16.5. The summed E-state index contributed by atoms with van der Waals surface area (Å²) in [5.41, 5.74) is 2.39. The first kappa shape index (κ1) is 24.3. The molecule has 0 N–H and O–H groups in total. The number of hydrogen-bond donors (Lipinski definition) is 0. The number of carbonyl (C=O) groups excluding carboxylic acids is 1. The topological polar surface area (TPSA) is 42.7 Å². The SMILES string of the molecule is C[C@@H](c1ccccc1)N(CC[C@H](Cc1ccccc1)[C@@H]1CCOC(C)(C)C1)C(=O)c1ccco1. The summed E-state index contributed by atoms with van der Waals surface area (Å²) in [5.74, 6) is 1.39. The van der Waals surface area contributed by atoms with Crippen molar-refractivity contribution in [2.75, 3.05) is 13.2 Å². The molecule has 0 spiro atoms. The zero-order valence-corrected chi connectivity index (χ0v) is 20.7. The second kappa shape index (κ2) is 11.1. The Balaban J connectivity index is 1.56. The van der Waals surface area contributed by atoms with E-state index in [4.69, 9.17) is 9.15 Å². The van der Waals surface area contributed by atoms with Gasteiger partial charge in [0.15, 0.2) is 5.76 Å². The highest BCUT2D eigenvalue weighted by Crippen LogP contribution is 2.37. The molecule has 2 heterocycles. The fourth-order valence-electron chi connectivity index (χ4n) is 5.33. The van der Waals surface area contributed by atoms with E-state index in [1.165, 1.54) is 5.56 Å². The summed E-state index contributed by atoms with van der Waals surface area (Å²) in [6.45, 7) is 8.00. The molecule has 0 saturated carbocycles. The van der Waals surface area contributed by atoms with Gasteiger partial charge in [0, 0.05) is 13.2 Å². The molecule has 1 aliphatic rings. The van der Waals surface area contributed by atoms with Crippen LogP contribution in [-0.4, -0.2) is 29.6 Å². The Morgan fingerprint density at radius 1 is 1.03 bits per heavy atom. The Labute approximate surface area is 203 Å². The normalized spacial score (nSPS) is 19.3. The predicted molar refractivity (Wildman–Crippen MR) is 136 cm³/mol. The Kier molecular flexibility index (Phi) is 7.89. The summed E-state index contributed by atoms with van der Waals surface area (Å²) in [6.07, 6.45) is 5.65. The van der Waals surface area contributed by atoms with E-state index in [1.807, 2.05) is 23.1 Å². The summed E-state index contributed by atoms with van der Waals surface area (Å²) in [5, 5.41) is 0. The van der Waals surface area contributed by atoms with Crippen LogP contribution in [0.1, 0.15) is 67.8 Å². The molecule has 3 atom stereocenters. The van der Waals surface area contributed by atoms with Crippen molar-refractivity contribution in [2.24, 2.45) is 11.8 Å². The number of rotatable bonds is 9. The number of ether oxygens (including phenoxy) is 1. The molecule has 180 valence electrons. The fraction of sp³-hybridized carbons (Fsp3) is 0.433. The number of furan rings is 1. The van der Waals surface area contributed by atoms with Crippen LogP contribution in [0.15, 0.2) is 83.5 Å². The molecule has 1 saturated heterocycles. The number of amides is 1. The summed E-state index contributed by atoms with van der Waals surface area (Å²) < 4.78 is 11.5. The van der Waals surface area contributed by atoms with Crippen LogP contribution in [0.25, 0.3) is 0 Å². The van der Waals surface area contributed by atoms with Gasteiger partial charge in [-0.3, -0.25) is 4.79 Å². The highest BCUT2D eigenvalue weighted by molar-refractivity contribution is 5.91. The van der Waals surface area contributed by atoms with Crippen molar-refractivity contribution in [1.82, 2.24) is 4.90 Å². The van der Waals surface area contributed by atoms with Gasteiger partial charge in [-0.25, -0.2) is 0 Å². The molecule has 0 radical (unpaired) electrons. The van der Waals surface area contributed by atoms with Gasteiger partial charge in [0.25, 0.3) is 5.91 Å². The second-order valence-corrected chi connectivity index (χ2v) is 10.2. The quantitative estimate of drug-likeness (QED) is 0.348. The molecule has 4 nitrogen and oxygen atoms in total. The lowest BCUT2D eigenvalue weighted by molar-refractivity contribution is -0.0835. The zero-order chi connectivity index (χ0) is 24.0. The van der Waals surface area contributed by atoms with Gasteiger partial charge in [0.1, 0.15) is 0 Å². The van der Waals surface area contributed by atoms with Crippen LogP contribution in [0, 0.1) is 11.8 Å². The Morgan fingerprint density at radius 3 is 2.38 bits per heavy atom. The van der Waals surface area contributed by atoms with E-state index in [-0.39, 0.29) is 17.6 Å². The lowest BCUT2D eigenvalue weighted by atomic mass is 9.75. The summed E-state index contributed by atoms with van der Waals surface area (Å²) >= 11 is 0. The first-order chi connectivity index (χ1) is 16.4. The number of carbonyl (C=O) groups is 1. The van der Waals surface area contributed by atoms with Crippen molar-refractivity contribution in [3.05, 3.63) is 95.9 Å². The molecule has 34 heavy (non-hydrogen) atoms. The minimum Gasteiger partial charge on any atom is -0.459 e. The van der Waals surface area contributed by atoms with Crippen LogP contribution in [0.2, 0.25) is 0 Å². The maximum atomic E-state index is 13.5. The molecule has 0 aliphatic carbocycles. The minimum absolute atomic E-state index is 0.0395. The van der Waals surface area contributed by atoms with Gasteiger partial charge in [-0.15, -0.1) is 0 Å². The third-order valence-electron chi connectivity index (χ3n) is 7.23. The fourth-order valence-corrected chi connectivity index (χ4v) is 5.33. The molecule has 1 amide bonds. The van der Waals surface area contributed by atoms with Gasteiger partial charge in [0.05, 0.1) is 17.9 Å². The molecule has 1 aromatic heterocycles. The molecule has 3 aromatic rings. The lowest BCUT2D eigenvalue weighted by Crippen LogP contribution is -2.39. The summed E-state index contributed by atoms with van der Waals surface area (Å²) in [6, 6.07) is 24.5. The first-order valence-electron chi connectivity index (χ1n) is 12.5. The predicted octanol–water partition coefficient (Wildman–Crippen LogP) is 6.94. The molecule has 4 heteroatoms. The summed E-state index contributed by atoms with van der Waals surface area (Å²) in [4.78, 5) is 15.5. The van der Waals surface area contributed by atoms with Crippen molar-refractivity contribution in [3.8, 4) is 0 Å². The highest BCUT2D eigenvalue weighted by Gasteiger charge is 2.34. The molecular formula is C30H37NO3. The average Bonchev–Trinajstić information content (AvgIpc) is 3.39. The van der Waals surface area contributed by atoms with Crippen LogP contribution < -0.4 is 0 Å². The third-order valence-corrected chi connectivity index (χ3v) is 7.23. The Hall–Kier alpha value is -2.85. The third kappa shape index (κ3) is 6.18. The molecule has 0 unspecified atom stereocenters. The molecule has 0 bridgehead atoms. The van der Waals surface area contributed by atoms with Crippen molar-refractivity contribution in [2.45, 2.75) is 58.1 Å². The number of hydrogen-bond acceptors (Lipinski definition) is 3. The van der Waals surface area contributed by atoms with Crippen molar-refractivity contribution in [3.63, 3.8) is 0 Å². The second-order valence-electron chi connectivity index (χ2n) is 10.2. The van der Waals surface area contributed by atoms with Crippen molar-refractivity contribution >= 4 is 5.91 Å². The van der Waals surface area contributed by atoms with Crippen molar-refractivity contribution in [1.29, 1.82) is 0 Å². The number of benzene rings is 2. The molecule has 1 fully saturated rings. The van der Waals surface area contributed by atoms with Gasteiger partial charge >= 0.3 is 0 Å². The monoisotopic (exact) mass is 459 g/mol. The molecule has 4 rings (SSSR count). The van der Waals surface area contributed by atoms with Crippen LogP contribution in [0.3, 0.4) is 0 Å². The smallest absolute Gasteiger partial charge is 0.290 e. The van der Waals surface area contributed by atoms with Gasteiger partial charge in [0.2, 0.25) is 0 Å². The van der Waals surface area contributed by atoms with E-state index < -0.39 is 0 Å². The Bertz CT molecular complexity index is 1010. The summed E-state index contributed by atoms with van der Waals surface area (Å²) in [7, 11) is 0. The number of nitrogens with zero attached hydrogens (tertiary/aromatic N) is 1. The molecule has 1 aliphatic heterocycles. The molecule has 2 aromatic carbocycles. The zero-order valence-electron chi connectivity index (χ0n) is 20.7. The van der Waals surface area contributed by atoms with Crippen LogP contribution in [-0.2, 0) is 11.2 Å². The van der Waals surface area contributed by atoms with Crippen LogP contribution in [0.5, 0.6) is 0 Å². The standard InChI is InChI=1S/C30H37NO3/c1-23(25-13-8-5-9-14-25)31(29(32)28-15-10-19-33-28)18-16-26(21-24-11-6-4-7-12-24)27-17-20-34-30(2,3)22-27/h4-15,19,23,26-27H,16-18,20-22H2,1-3H3/t23-,26+,27+/m0/s1. The minimum atomic E-state index is -0.0984. The van der Waals surface area contributed by atoms with E-state index in [2.05, 4.69) is 63.2 Å². The van der Waals surface area contributed by atoms with Gasteiger partial charge in [-0.2, -0.15) is 0 Å². The van der Waals surface area contributed by atoms with Crippen LogP contribution in [0.4, 0.5) is 0 Å². The van der Waals surface area contributed by atoms with E-state index in [1.54, 1.807) is 18.4 Å². The van der Waals surface area contributed by atoms with Crippen molar-refractivity contribution < 1.29 is 13.9 Å². The molecular weight excluding hydrogens is 422 g/mol. The lowest BCUT2D eigenvalue weighted by Gasteiger charge is -2.40. The van der Waals surface area contributed by atoms with E-state index in [0.717, 1.165) is 37.9 Å². The van der Waals surface area contributed by atoms with E-state index in [9.17, 15) is 4.79 Å². The van der Waals surface area contributed by atoms with E-state index in [0.29, 0.717) is 24.1 Å². The maximum Gasteiger partial charge on any atom is 0.290 e. The Morgan fingerprint density at radius 2 is 1.74 bits per heavy atom. The van der Waals surface area contributed by atoms with E-state index >= 15 is 0 Å². The van der Waals surface area contributed by atoms with Gasteiger partial charge < -0.3 is 14.1 Å². The average molecular weight is 460 g/mol. The maximum absolute atomic E-state index is 13.5. The largest absolute Gasteiger partial charge is 0.459 e. The first-order valence-corrected chi connectivity index (χ1v) is 12.5. The van der Waals surface area contributed by atoms with Gasteiger partial charge in [-0.05, 0) is 81.5 Å². The van der Waals surface area contributed by atoms with Gasteiger partial charge in [-0.1, -0.05) is 60.7 Å². The van der Waals surface area contributed by atoms with Crippen LogP contribution >= 0.6 is 0 Å².